The van der Waals surface area contributed by atoms with Gasteiger partial charge < -0.3 is 20.5 Å². The highest BCUT2D eigenvalue weighted by Gasteiger charge is 2.13. The Kier molecular flexibility index (Phi) is 6.44. The van der Waals surface area contributed by atoms with Crippen molar-refractivity contribution in [1.29, 1.82) is 0 Å². The Morgan fingerprint density at radius 2 is 1.96 bits per heavy atom. The standard InChI is InChI=1S/C18H22N2O3/c1-2-11-23-16-10-6-9-15(12-16)19-18(22)20-17(13-21)14-7-4-3-5-8-14/h3-10,12,17,21H,2,11,13H2,1H3,(H2,19,20,22). The minimum atomic E-state index is -0.448. The summed E-state index contributed by atoms with van der Waals surface area (Å²) < 4.78 is 5.54. The molecule has 0 saturated carbocycles. The summed E-state index contributed by atoms with van der Waals surface area (Å²) in [5.41, 5.74) is 1.49. The van der Waals surface area contributed by atoms with Crippen molar-refractivity contribution in [1.82, 2.24) is 5.32 Å². The number of nitrogens with one attached hydrogen (secondary N) is 2. The maximum absolute atomic E-state index is 12.1. The average molecular weight is 314 g/mol. The van der Waals surface area contributed by atoms with Crippen LogP contribution in [0.1, 0.15) is 24.9 Å². The molecule has 2 rings (SSSR count). The van der Waals surface area contributed by atoms with Gasteiger partial charge in [0.05, 0.1) is 19.3 Å². The van der Waals surface area contributed by atoms with Crippen LogP contribution >= 0.6 is 0 Å². The first-order chi connectivity index (χ1) is 11.2. The molecule has 0 aromatic heterocycles. The van der Waals surface area contributed by atoms with E-state index >= 15 is 0 Å². The monoisotopic (exact) mass is 314 g/mol. The van der Waals surface area contributed by atoms with Crippen molar-refractivity contribution in [3.63, 3.8) is 0 Å². The van der Waals surface area contributed by atoms with Gasteiger partial charge in [-0.15, -0.1) is 0 Å². The summed E-state index contributed by atoms with van der Waals surface area (Å²) in [5.74, 6) is 0.714. The van der Waals surface area contributed by atoms with Crippen molar-refractivity contribution in [2.75, 3.05) is 18.5 Å². The van der Waals surface area contributed by atoms with Crippen molar-refractivity contribution in [3.8, 4) is 5.75 Å². The molecule has 23 heavy (non-hydrogen) atoms. The molecule has 2 amide bonds. The molecule has 0 bridgehead atoms. The number of hydrogen-bond donors (Lipinski definition) is 3. The van der Waals surface area contributed by atoms with Crippen molar-refractivity contribution < 1.29 is 14.6 Å². The number of aliphatic hydroxyl groups excluding tert-OH is 1. The zero-order valence-electron chi connectivity index (χ0n) is 13.2. The molecule has 0 aliphatic rings. The van der Waals surface area contributed by atoms with Crippen LogP contribution in [0.3, 0.4) is 0 Å². The zero-order chi connectivity index (χ0) is 16.5. The first-order valence-electron chi connectivity index (χ1n) is 7.69. The molecule has 0 spiro atoms. The molecule has 1 atom stereocenters. The number of aliphatic hydroxyl groups is 1. The van der Waals surface area contributed by atoms with Crippen LogP contribution < -0.4 is 15.4 Å². The summed E-state index contributed by atoms with van der Waals surface area (Å²) in [4.78, 5) is 12.1. The molecule has 1 unspecified atom stereocenters. The molecule has 0 saturated heterocycles. The van der Waals surface area contributed by atoms with E-state index in [0.29, 0.717) is 18.0 Å². The van der Waals surface area contributed by atoms with Gasteiger partial charge in [0, 0.05) is 11.8 Å². The number of carbonyl (C=O) groups excluding carboxylic acids is 1. The third-order valence-corrected chi connectivity index (χ3v) is 3.25. The highest BCUT2D eigenvalue weighted by Crippen LogP contribution is 2.18. The number of hydrogen-bond acceptors (Lipinski definition) is 3. The molecule has 2 aromatic carbocycles. The number of urea groups is 1. The van der Waals surface area contributed by atoms with Crippen LogP contribution in [0.15, 0.2) is 54.6 Å². The highest BCUT2D eigenvalue weighted by molar-refractivity contribution is 5.89. The van der Waals surface area contributed by atoms with Crippen LogP contribution in [-0.4, -0.2) is 24.4 Å². The molecule has 0 radical (unpaired) electrons. The Hall–Kier alpha value is -2.53. The second-order valence-electron chi connectivity index (χ2n) is 5.12. The molecule has 0 aliphatic heterocycles. The van der Waals surface area contributed by atoms with Gasteiger partial charge >= 0.3 is 6.03 Å². The molecule has 3 N–H and O–H groups in total. The zero-order valence-corrected chi connectivity index (χ0v) is 13.2. The molecule has 5 heteroatoms. The van der Waals surface area contributed by atoms with Crippen molar-refractivity contribution >= 4 is 11.7 Å². The SMILES string of the molecule is CCCOc1cccc(NC(=O)NC(CO)c2ccccc2)c1. The van der Waals surface area contributed by atoms with Gasteiger partial charge in [-0.05, 0) is 24.1 Å². The van der Waals surface area contributed by atoms with E-state index in [4.69, 9.17) is 4.74 Å². The second-order valence-corrected chi connectivity index (χ2v) is 5.12. The summed E-state index contributed by atoms with van der Waals surface area (Å²) in [7, 11) is 0. The Bertz CT molecular complexity index is 617. The van der Waals surface area contributed by atoms with Crippen LogP contribution in [0.5, 0.6) is 5.75 Å². The lowest BCUT2D eigenvalue weighted by Gasteiger charge is -2.17. The summed E-state index contributed by atoms with van der Waals surface area (Å²) in [5, 5.41) is 15.0. The van der Waals surface area contributed by atoms with Crippen LogP contribution in [0.4, 0.5) is 10.5 Å². The third-order valence-electron chi connectivity index (χ3n) is 3.25. The Labute approximate surface area is 136 Å². The fourth-order valence-electron chi connectivity index (χ4n) is 2.13. The molecule has 0 aliphatic carbocycles. The fourth-order valence-corrected chi connectivity index (χ4v) is 2.13. The van der Waals surface area contributed by atoms with E-state index in [1.807, 2.05) is 49.4 Å². The lowest BCUT2D eigenvalue weighted by atomic mass is 10.1. The van der Waals surface area contributed by atoms with E-state index in [9.17, 15) is 9.90 Å². The number of anilines is 1. The van der Waals surface area contributed by atoms with Crippen molar-refractivity contribution in [2.45, 2.75) is 19.4 Å². The number of benzene rings is 2. The largest absolute Gasteiger partial charge is 0.494 e. The number of amides is 2. The Balaban J connectivity index is 1.96. The fraction of sp³-hybridized carbons (Fsp3) is 0.278. The lowest BCUT2D eigenvalue weighted by Crippen LogP contribution is -2.34. The van der Waals surface area contributed by atoms with Crippen LogP contribution in [0.2, 0.25) is 0 Å². The Morgan fingerprint density at radius 3 is 2.65 bits per heavy atom. The summed E-state index contributed by atoms with van der Waals surface area (Å²) in [6.45, 7) is 2.50. The van der Waals surface area contributed by atoms with E-state index in [1.54, 1.807) is 12.1 Å². The quantitative estimate of drug-likeness (QED) is 0.734. The summed E-state index contributed by atoms with van der Waals surface area (Å²) in [6.07, 6.45) is 0.924. The molecule has 122 valence electrons. The Morgan fingerprint density at radius 1 is 1.17 bits per heavy atom. The number of ether oxygens (including phenoxy) is 1. The predicted molar refractivity (Wildman–Crippen MR) is 90.7 cm³/mol. The summed E-state index contributed by atoms with van der Waals surface area (Å²) in [6, 6.07) is 15.7. The third kappa shape index (κ3) is 5.30. The van der Waals surface area contributed by atoms with Crippen molar-refractivity contribution in [3.05, 3.63) is 60.2 Å². The molecular weight excluding hydrogens is 292 g/mol. The van der Waals surface area contributed by atoms with Gasteiger partial charge in [0.2, 0.25) is 0 Å². The molecule has 0 heterocycles. The van der Waals surface area contributed by atoms with E-state index in [-0.39, 0.29) is 12.6 Å². The number of rotatable bonds is 7. The maximum atomic E-state index is 12.1. The van der Waals surface area contributed by atoms with Crippen LogP contribution in [0.25, 0.3) is 0 Å². The molecule has 5 nitrogen and oxygen atoms in total. The molecule has 0 fully saturated rings. The van der Waals surface area contributed by atoms with E-state index in [0.717, 1.165) is 12.0 Å². The van der Waals surface area contributed by atoms with Gasteiger partial charge in [0.15, 0.2) is 0 Å². The average Bonchev–Trinajstić information content (AvgIpc) is 2.59. The number of carbonyl (C=O) groups is 1. The van der Waals surface area contributed by atoms with E-state index in [2.05, 4.69) is 10.6 Å². The molecule has 2 aromatic rings. The van der Waals surface area contributed by atoms with Crippen LogP contribution in [0, 0.1) is 0 Å². The van der Waals surface area contributed by atoms with Crippen LogP contribution in [-0.2, 0) is 0 Å². The van der Waals surface area contributed by atoms with Crippen molar-refractivity contribution in [2.24, 2.45) is 0 Å². The minimum absolute atomic E-state index is 0.170. The predicted octanol–water partition coefficient (Wildman–Crippen LogP) is 3.33. The van der Waals surface area contributed by atoms with E-state index < -0.39 is 6.04 Å². The lowest BCUT2D eigenvalue weighted by molar-refractivity contribution is 0.225. The second kappa shape index (κ2) is 8.80. The van der Waals surface area contributed by atoms with Gasteiger partial charge in [0.1, 0.15) is 5.75 Å². The molecular formula is C18H22N2O3. The van der Waals surface area contributed by atoms with Gasteiger partial charge in [-0.2, -0.15) is 0 Å². The maximum Gasteiger partial charge on any atom is 0.319 e. The van der Waals surface area contributed by atoms with Gasteiger partial charge in [0.25, 0.3) is 0 Å². The topological polar surface area (TPSA) is 70.6 Å². The summed E-state index contributed by atoms with van der Waals surface area (Å²) >= 11 is 0. The highest BCUT2D eigenvalue weighted by atomic mass is 16.5. The minimum Gasteiger partial charge on any atom is -0.494 e. The first-order valence-corrected chi connectivity index (χ1v) is 7.69. The first kappa shape index (κ1) is 16.8. The normalized spacial score (nSPS) is 11.6. The van der Waals surface area contributed by atoms with Gasteiger partial charge in [-0.3, -0.25) is 0 Å². The van der Waals surface area contributed by atoms with E-state index in [1.165, 1.54) is 0 Å². The van der Waals surface area contributed by atoms with Gasteiger partial charge in [-0.25, -0.2) is 4.79 Å². The van der Waals surface area contributed by atoms with Gasteiger partial charge in [-0.1, -0.05) is 43.3 Å². The smallest absolute Gasteiger partial charge is 0.319 e.